The van der Waals surface area contributed by atoms with Crippen LogP contribution in [-0.2, 0) is 0 Å². The van der Waals surface area contributed by atoms with Crippen molar-refractivity contribution in [2.45, 2.75) is 26.4 Å². The molecule has 0 radical (unpaired) electrons. The summed E-state index contributed by atoms with van der Waals surface area (Å²) in [4.78, 5) is 7.68. The van der Waals surface area contributed by atoms with Gasteiger partial charge in [0.1, 0.15) is 6.33 Å². The van der Waals surface area contributed by atoms with Crippen molar-refractivity contribution in [3.05, 3.63) is 24.3 Å². The van der Waals surface area contributed by atoms with Gasteiger partial charge in [-0.2, -0.15) is 0 Å². The topological polar surface area (TPSA) is 46.0 Å². The van der Waals surface area contributed by atoms with Crippen LogP contribution in [0.5, 0.6) is 0 Å². The monoisotopic (exact) mass is 166 g/mol. The first-order valence-electron chi connectivity index (χ1n) is 4.13. The zero-order chi connectivity index (χ0) is 8.97. The third-order valence-electron chi connectivity index (χ3n) is 1.66. The molecular formula is C9H14N2O. The summed E-state index contributed by atoms with van der Waals surface area (Å²) in [5.74, 6) is 0.486. The van der Waals surface area contributed by atoms with E-state index in [1.54, 1.807) is 12.4 Å². The number of hydrogen-bond acceptors (Lipinski definition) is 3. The van der Waals surface area contributed by atoms with Crippen molar-refractivity contribution in [3.8, 4) is 0 Å². The van der Waals surface area contributed by atoms with E-state index in [1.165, 1.54) is 6.33 Å². The smallest absolute Gasteiger partial charge is 0.115 e. The molecule has 1 heterocycles. The molecule has 0 saturated carbocycles. The van der Waals surface area contributed by atoms with Crippen LogP contribution in [0, 0.1) is 5.92 Å². The molecule has 3 nitrogen and oxygen atoms in total. The van der Waals surface area contributed by atoms with Crippen molar-refractivity contribution in [2.24, 2.45) is 5.92 Å². The average Bonchev–Trinajstić information content (AvgIpc) is 2.05. The lowest BCUT2D eigenvalue weighted by atomic mass is 10.0. The van der Waals surface area contributed by atoms with E-state index in [9.17, 15) is 5.11 Å². The van der Waals surface area contributed by atoms with Crippen LogP contribution in [0.15, 0.2) is 18.7 Å². The summed E-state index contributed by atoms with van der Waals surface area (Å²) in [6, 6.07) is 0. The number of nitrogens with zero attached hydrogens (tertiary/aromatic N) is 2. The van der Waals surface area contributed by atoms with Gasteiger partial charge >= 0.3 is 0 Å². The SMILES string of the molecule is CC(C)CC(O)c1cncnc1. The molecule has 0 aliphatic rings. The van der Waals surface area contributed by atoms with Crippen molar-refractivity contribution >= 4 is 0 Å². The van der Waals surface area contributed by atoms with Crippen molar-refractivity contribution in [1.82, 2.24) is 9.97 Å². The number of hydrogen-bond donors (Lipinski definition) is 1. The van der Waals surface area contributed by atoms with Gasteiger partial charge in [-0.1, -0.05) is 13.8 Å². The summed E-state index contributed by atoms with van der Waals surface area (Å²) in [5.41, 5.74) is 0.797. The van der Waals surface area contributed by atoms with Crippen molar-refractivity contribution < 1.29 is 5.11 Å². The molecule has 0 saturated heterocycles. The van der Waals surface area contributed by atoms with E-state index in [0.29, 0.717) is 5.92 Å². The normalized spacial score (nSPS) is 13.3. The first-order valence-corrected chi connectivity index (χ1v) is 4.13. The Morgan fingerprint density at radius 3 is 2.42 bits per heavy atom. The summed E-state index contributed by atoms with van der Waals surface area (Å²) in [7, 11) is 0. The quantitative estimate of drug-likeness (QED) is 0.741. The van der Waals surface area contributed by atoms with E-state index in [1.807, 2.05) is 0 Å². The molecule has 1 unspecified atom stereocenters. The maximum atomic E-state index is 9.61. The third kappa shape index (κ3) is 2.58. The van der Waals surface area contributed by atoms with Gasteiger partial charge in [-0.3, -0.25) is 0 Å². The highest BCUT2D eigenvalue weighted by Crippen LogP contribution is 2.18. The van der Waals surface area contributed by atoms with Gasteiger partial charge in [0.15, 0.2) is 0 Å². The Morgan fingerprint density at radius 2 is 1.92 bits per heavy atom. The van der Waals surface area contributed by atoms with Gasteiger partial charge in [0.2, 0.25) is 0 Å². The minimum Gasteiger partial charge on any atom is -0.388 e. The van der Waals surface area contributed by atoms with Crippen molar-refractivity contribution in [1.29, 1.82) is 0 Å². The molecule has 0 amide bonds. The van der Waals surface area contributed by atoms with Crippen molar-refractivity contribution in [2.75, 3.05) is 0 Å². The van der Waals surface area contributed by atoms with Crippen molar-refractivity contribution in [3.63, 3.8) is 0 Å². The van der Waals surface area contributed by atoms with Crippen LogP contribution in [0.4, 0.5) is 0 Å². The second-order valence-electron chi connectivity index (χ2n) is 3.32. The van der Waals surface area contributed by atoms with Gasteiger partial charge < -0.3 is 5.11 Å². The minimum atomic E-state index is -0.425. The highest BCUT2D eigenvalue weighted by molar-refractivity contribution is 5.06. The molecule has 0 aliphatic carbocycles. The predicted molar refractivity (Wildman–Crippen MR) is 46.4 cm³/mol. The Morgan fingerprint density at radius 1 is 1.33 bits per heavy atom. The molecule has 66 valence electrons. The highest BCUT2D eigenvalue weighted by Gasteiger charge is 2.09. The van der Waals surface area contributed by atoms with E-state index in [2.05, 4.69) is 23.8 Å². The Kier molecular flexibility index (Phi) is 3.17. The lowest BCUT2D eigenvalue weighted by molar-refractivity contribution is 0.150. The summed E-state index contributed by atoms with van der Waals surface area (Å²) < 4.78 is 0. The average molecular weight is 166 g/mol. The van der Waals surface area contributed by atoms with Gasteiger partial charge in [0, 0.05) is 18.0 Å². The lowest BCUT2D eigenvalue weighted by Gasteiger charge is -2.11. The van der Waals surface area contributed by atoms with Crippen LogP contribution in [-0.4, -0.2) is 15.1 Å². The predicted octanol–water partition coefficient (Wildman–Crippen LogP) is 1.56. The number of rotatable bonds is 3. The van der Waals surface area contributed by atoms with Gasteiger partial charge in [0.05, 0.1) is 6.10 Å². The maximum absolute atomic E-state index is 9.61. The Hall–Kier alpha value is -0.960. The molecule has 1 aromatic heterocycles. The molecule has 1 rings (SSSR count). The van der Waals surface area contributed by atoms with Crippen LogP contribution in [0.3, 0.4) is 0 Å². The minimum absolute atomic E-state index is 0.425. The molecule has 0 fully saturated rings. The Balaban J connectivity index is 2.59. The number of aliphatic hydroxyl groups excluding tert-OH is 1. The molecule has 1 aromatic rings. The lowest BCUT2D eigenvalue weighted by Crippen LogP contribution is -2.02. The van der Waals surface area contributed by atoms with Crippen LogP contribution in [0.25, 0.3) is 0 Å². The molecule has 1 N–H and O–H groups in total. The largest absolute Gasteiger partial charge is 0.388 e. The Bertz CT molecular complexity index is 223. The number of aromatic nitrogens is 2. The first-order chi connectivity index (χ1) is 5.70. The first kappa shape index (κ1) is 9.13. The fraction of sp³-hybridized carbons (Fsp3) is 0.556. The van der Waals surface area contributed by atoms with Gasteiger partial charge in [-0.25, -0.2) is 9.97 Å². The second-order valence-corrected chi connectivity index (χ2v) is 3.32. The molecular weight excluding hydrogens is 152 g/mol. The zero-order valence-corrected chi connectivity index (χ0v) is 7.44. The van der Waals surface area contributed by atoms with Crippen LogP contribution in [0.2, 0.25) is 0 Å². The summed E-state index contributed by atoms with van der Waals surface area (Å²) in [6.07, 6.45) is 5.10. The van der Waals surface area contributed by atoms with Crippen LogP contribution in [0.1, 0.15) is 31.9 Å². The Labute approximate surface area is 72.5 Å². The van der Waals surface area contributed by atoms with E-state index >= 15 is 0 Å². The standard InChI is InChI=1S/C9H14N2O/c1-7(2)3-9(12)8-4-10-6-11-5-8/h4-7,9,12H,3H2,1-2H3. The van der Waals surface area contributed by atoms with Gasteiger partial charge in [0.25, 0.3) is 0 Å². The van der Waals surface area contributed by atoms with E-state index in [-0.39, 0.29) is 0 Å². The van der Waals surface area contributed by atoms with Gasteiger partial charge in [-0.05, 0) is 12.3 Å². The van der Waals surface area contributed by atoms with Gasteiger partial charge in [-0.15, -0.1) is 0 Å². The van der Waals surface area contributed by atoms with E-state index in [0.717, 1.165) is 12.0 Å². The maximum Gasteiger partial charge on any atom is 0.115 e. The summed E-state index contributed by atoms with van der Waals surface area (Å²) in [5, 5.41) is 9.61. The zero-order valence-electron chi connectivity index (χ0n) is 7.44. The number of aliphatic hydroxyl groups is 1. The summed E-state index contributed by atoms with van der Waals surface area (Å²) >= 11 is 0. The molecule has 1 atom stereocenters. The fourth-order valence-corrected chi connectivity index (χ4v) is 1.07. The van der Waals surface area contributed by atoms with Crippen LogP contribution >= 0.6 is 0 Å². The second kappa shape index (κ2) is 4.16. The fourth-order valence-electron chi connectivity index (χ4n) is 1.07. The molecule has 0 aliphatic heterocycles. The highest BCUT2D eigenvalue weighted by atomic mass is 16.3. The third-order valence-corrected chi connectivity index (χ3v) is 1.66. The molecule has 3 heteroatoms. The van der Waals surface area contributed by atoms with Crippen LogP contribution < -0.4 is 0 Å². The molecule has 0 spiro atoms. The van der Waals surface area contributed by atoms with E-state index < -0.39 is 6.10 Å². The van der Waals surface area contributed by atoms with E-state index in [4.69, 9.17) is 0 Å². The molecule has 0 aromatic carbocycles. The molecule has 0 bridgehead atoms. The molecule has 12 heavy (non-hydrogen) atoms. The summed E-state index contributed by atoms with van der Waals surface area (Å²) in [6.45, 7) is 4.15.